The quantitative estimate of drug-likeness (QED) is 0.161. The molecule has 200 valence electrons. The predicted octanol–water partition coefficient (Wildman–Crippen LogP) is 7.11. The number of hydrogen-bond acceptors (Lipinski definition) is 7. The Morgan fingerprint density at radius 2 is 1.80 bits per heavy atom. The number of benzene rings is 3. The highest BCUT2D eigenvalue weighted by Crippen LogP contribution is 2.35. The molecule has 1 aliphatic rings. The van der Waals surface area contributed by atoms with Crippen molar-refractivity contribution in [3.05, 3.63) is 106 Å². The van der Waals surface area contributed by atoms with Crippen LogP contribution in [0.15, 0.2) is 83.3 Å². The van der Waals surface area contributed by atoms with Crippen molar-refractivity contribution in [1.29, 1.82) is 0 Å². The number of aryl methyl sites for hydroxylation is 1. The first-order valence-corrected chi connectivity index (χ1v) is 13.7. The van der Waals surface area contributed by atoms with Crippen molar-refractivity contribution in [2.45, 2.75) is 13.8 Å². The first kappa shape index (κ1) is 25.7. The van der Waals surface area contributed by atoms with Gasteiger partial charge in [0.1, 0.15) is 0 Å². The Labute approximate surface area is 239 Å². The Bertz CT molecular complexity index is 1730. The van der Waals surface area contributed by atoms with E-state index in [1.165, 1.54) is 11.3 Å². The van der Waals surface area contributed by atoms with Gasteiger partial charge in [-0.05, 0) is 68.4 Å². The molecule has 6 rings (SSSR count). The number of halogens is 1. The van der Waals surface area contributed by atoms with Crippen LogP contribution < -0.4 is 20.2 Å². The van der Waals surface area contributed by atoms with Gasteiger partial charge in [0, 0.05) is 55.9 Å². The second kappa shape index (κ2) is 10.9. The third-order valence-corrected chi connectivity index (χ3v) is 7.51. The summed E-state index contributed by atoms with van der Waals surface area (Å²) in [6.07, 6.45) is 1.66. The maximum atomic E-state index is 12.7. The number of carbonyl (C=O) groups excluding carboxylic acids is 1. The van der Waals surface area contributed by atoms with Gasteiger partial charge in [-0.2, -0.15) is 5.10 Å². The summed E-state index contributed by atoms with van der Waals surface area (Å²) in [6.45, 7) is 4.26. The molecule has 0 unspecified atom stereocenters. The molecule has 0 saturated heterocycles. The van der Waals surface area contributed by atoms with Crippen molar-refractivity contribution < 1.29 is 14.3 Å². The summed E-state index contributed by atoms with van der Waals surface area (Å²) in [5.74, 6) is 1.17. The molecular formula is C30H24ClN5O3S. The number of carbonyl (C=O) groups is 1. The largest absolute Gasteiger partial charge is 0.454 e. The molecule has 0 aliphatic carbocycles. The summed E-state index contributed by atoms with van der Waals surface area (Å²) in [4.78, 5) is 17.4. The molecule has 0 radical (unpaired) electrons. The zero-order valence-corrected chi connectivity index (χ0v) is 23.2. The van der Waals surface area contributed by atoms with Crippen molar-refractivity contribution in [3.8, 4) is 28.4 Å². The van der Waals surface area contributed by atoms with Gasteiger partial charge in [0.25, 0.3) is 5.91 Å². The number of ether oxygens (including phenoxy) is 2. The van der Waals surface area contributed by atoms with Crippen LogP contribution in [0, 0.1) is 13.8 Å². The van der Waals surface area contributed by atoms with Crippen molar-refractivity contribution in [2.24, 2.45) is 5.10 Å². The van der Waals surface area contributed by atoms with Gasteiger partial charge >= 0.3 is 0 Å². The summed E-state index contributed by atoms with van der Waals surface area (Å²) < 4.78 is 13.0. The van der Waals surface area contributed by atoms with Gasteiger partial charge in [-0.1, -0.05) is 23.7 Å². The lowest BCUT2D eigenvalue weighted by Gasteiger charge is -2.10. The average Bonchev–Trinajstić information content (AvgIpc) is 3.69. The minimum atomic E-state index is -0.296. The number of nitrogens with zero attached hydrogens (tertiary/aromatic N) is 3. The third kappa shape index (κ3) is 5.29. The zero-order chi connectivity index (χ0) is 27.6. The lowest BCUT2D eigenvalue weighted by molar-refractivity contribution is 0.0955. The minimum absolute atomic E-state index is 0.233. The Kier molecular flexibility index (Phi) is 6.98. The highest BCUT2D eigenvalue weighted by atomic mass is 35.5. The maximum Gasteiger partial charge on any atom is 0.271 e. The molecule has 3 aromatic carbocycles. The Hall–Kier alpha value is -4.60. The van der Waals surface area contributed by atoms with E-state index in [1.807, 2.05) is 79.9 Å². The van der Waals surface area contributed by atoms with Gasteiger partial charge in [-0.15, -0.1) is 11.3 Å². The average molecular weight is 570 g/mol. The maximum absolute atomic E-state index is 12.7. The number of amides is 1. The smallest absolute Gasteiger partial charge is 0.271 e. The van der Waals surface area contributed by atoms with Crippen molar-refractivity contribution >= 4 is 45.9 Å². The molecule has 0 bridgehead atoms. The highest BCUT2D eigenvalue weighted by molar-refractivity contribution is 7.14. The van der Waals surface area contributed by atoms with Crippen molar-refractivity contribution in [1.82, 2.24) is 15.0 Å². The molecule has 1 amide bonds. The van der Waals surface area contributed by atoms with Crippen molar-refractivity contribution in [2.75, 3.05) is 12.1 Å². The van der Waals surface area contributed by atoms with E-state index < -0.39 is 0 Å². The SMILES string of the molecule is Cc1cc(/C=N\NC(=O)c2ccc(-c3csc(Nc4ccc(Cl)cc4)n3)cc2)c(C)n1-c1ccc2c(c1)OCO2. The lowest BCUT2D eigenvalue weighted by atomic mass is 10.1. The van der Waals surface area contributed by atoms with Crippen LogP contribution in [0.5, 0.6) is 11.5 Å². The summed E-state index contributed by atoms with van der Waals surface area (Å²) in [6, 6.07) is 22.6. The number of anilines is 2. The molecule has 0 spiro atoms. The second-order valence-corrected chi connectivity index (χ2v) is 10.4. The van der Waals surface area contributed by atoms with Crippen LogP contribution in [-0.4, -0.2) is 28.5 Å². The molecule has 40 heavy (non-hydrogen) atoms. The van der Waals surface area contributed by atoms with E-state index in [4.69, 9.17) is 21.1 Å². The zero-order valence-electron chi connectivity index (χ0n) is 21.6. The van der Waals surface area contributed by atoms with E-state index in [0.717, 1.165) is 56.2 Å². The Balaban J connectivity index is 1.10. The fourth-order valence-corrected chi connectivity index (χ4v) is 5.34. The molecule has 8 nitrogen and oxygen atoms in total. The molecule has 0 fully saturated rings. The summed E-state index contributed by atoms with van der Waals surface area (Å²) in [7, 11) is 0. The van der Waals surface area contributed by atoms with Crippen LogP contribution in [0.2, 0.25) is 5.02 Å². The lowest BCUT2D eigenvalue weighted by Crippen LogP contribution is -2.17. The number of fused-ring (bicyclic) bond motifs is 1. The van der Waals surface area contributed by atoms with E-state index >= 15 is 0 Å². The topological polar surface area (TPSA) is 89.8 Å². The van der Waals surface area contributed by atoms with Gasteiger partial charge in [0.05, 0.1) is 11.9 Å². The van der Waals surface area contributed by atoms with Crippen LogP contribution in [0.1, 0.15) is 27.3 Å². The molecule has 5 aromatic rings. The van der Waals surface area contributed by atoms with Crippen LogP contribution >= 0.6 is 22.9 Å². The number of hydrazone groups is 1. The number of thiazole rings is 1. The first-order chi connectivity index (χ1) is 19.4. The van der Waals surface area contributed by atoms with E-state index in [1.54, 1.807) is 18.3 Å². The Morgan fingerprint density at radius 3 is 2.60 bits per heavy atom. The molecule has 2 N–H and O–H groups in total. The highest BCUT2D eigenvalue weighted by Gasteiger charge is 2.16. The van der Waals surface area contributed by atoms with Gasteiger partial charge in [0.2, 0.25) is 6.79 Å². The van der Waals surface area contributed by atoms with Gasteiger partial charge in [-0.25, -0.2) is 10.4 Å². The van der Waals surface area contributed by atoms with E-state index in [2.05, 4.69) is 25.4 Å². The fraction of sp³-hybridized carbons (Fsp3) is 0.100. The predicted molar refractivity (Wildman–Crippen MR) is 159 cm³/mol. The van der Waals surface area contributed by atoms with Gasteiger partial charge in [0.15, 0.2) is 16.6 Å². The fourth-order valence-electron chi connectivity index (χ4n) is 4.48. The van der Waals surface area contributed by atoms with E-state index in [9.17, 15) is 4.79 Å². The third-order valence-electron chi connectivity index (χ3n) is 6.50. The van der Waals surface area contributed by atoms with E-state index in [-0.39, 0.29) is 12.7 Å². The van der Waals surface area contributed by atoms with Crippen LogP contribution in [0.4, 0.5) is 10.8 Å². The van der Waals surface area contributed by atoms with Crippen LogP contribution in [0.25, 0.3) is 16.9 Å². The molecule has 10 heteroatoms. The Morgan fingerprint density at radius 1 is 1.02 bits per heavy atom. The van der Waals surface area contributed by atoms with Crippen LogP contribution in [-0.2, 0) is 0 Å². The minimum Gasteiger partial charge on any atom is -0.454 e. The van der Waals surface area contributed by atoms with Gasteiger partial charge < -0.3 is 19.4 Å². The molecule has 1 aliphatic heterocycles. The molecule has 3 heterocycles. The molecule has 0 atom stereocenters. The van der Waals surface area contributed by atoms with Crippen molar-refractivity contribution in [3.63, 3.8) is 0 Å². The molecule has 2 aromatic heterocycles. The van der Waals surface area contributed by atoms with Gasteiger partial charge in [-0.3, -0.25) is 4.79 Å². The van der Waals surface area contributed by atoms with E-state index in [0.29, 0.717) is 10.6 Å². The van der Waals surface area contributed by atoms with Crippen LogP contribution in [0.3, 0.4) is 0 Å². The number of rotatable bonds is 7. The number of aromatic nitrogens is 2. The molecular weight excluding hydrogens is 546 g/mol. The number of nitrogens with one attached hydrogen (secondary N) is 2. The first-order valence-electron chi connectivity index (χ1n) is 12.5. The summed E-state index contributed by atoms with van der Waals surface area (Å²) in [5, 5.41) is 10.9. The standard InChI is InChI=1S/C30H24ClN5O3S/c1-18-13-22(19(2)36(18)25-11-12-27-28(14-25)39-17-38-27)15-32-35-29(37)21-5-3-20(4-6-21)26-16-40-30(34-26)33-24-9-7-23(31)8-10-24/h3-16H,17H2,1-2H3,(H,33,34)(H,35,37)/b32-15-. The summed E-state index contributed by atoms with van der Waals surface area (Å²) in [5.41, 5.74) is 9.67. The molecule has 0 saturated carbocycles. The second-order valence-electron chi connectivity index (χ2n) is 9.15. The monoisotopic (exact) mass is 569 g/mol. The number of hydrogen-bond donors (Lipinski definition) is 2. The normalized spacial score (nSPS) is 12.2. The summed E-state index contributed by atoms with van der Waals surface area (Å²) >= 11 is 7.46.